The molecule has 0 bridgehead atoms. The largest absolute Gasteiger partial charge is 0.426 e. The zero-order chi connectivity index (χ0) is 18.8. The van der Waals surface area contributed by atoms with Gasteiger partial charge in [0.15, 0.2) is 0 Å². The Labute approximate surface area is 157 Å². The van der Waals surface area contributed by atoms with Crippen LogP contribution in [0.25, 0.3) is 10.8 Å². The number of benzene rings is 2. The molecule has 0 aromatic heterocycles. The Kier molecular flexibility index (Phi) is 5.14. The van der Waals surface area contributed by atoms with Gasteiger partial charge in [0.1, 0.15) is 11.5 Å². The summed E-state index contributed by atoms with van der Waals surface area (Å²) in [5.74, 6) is 0.0205. The van der Waals surface area contributed by atoms with E-state index in [4.69, 9.17) is 21.1 Å². The Morgan fingerprint density at radius 3 is 2.58 bits per heavy atom. The quantitative estimate of drug-likeness (QED) is 0.331. The molecule has 2 aromatic carbocycles. The molecule has 1 aliphatic carbocycles. The lowest BCUT2D eigenvalue weighted by molar-refractivity contribution is -0.132. The van der Waals surface area contributed by atoms with Crippen molar-refractivity contribution >= 4 is 34.3 Å². The van der Waals surface area contributed by atoms with Crippen LogP contribution < -0.4 is 9.47 Å². The zero-order valence-electron chi connectivity index (χ0n) is 14.7. The van der Waals surface area contributed by atoms with Gasteiger partial charge in [-0.2, -0.15) is 0 Å². The SMILES string of the molecule is C=CC(=O)Oc1c2c(c(OC(C)=O)c3cc(Cl)ccc13)CC=C(CC)C2. The van der Waals surface area contributed by atoms with Gasteiger partial charge in [0.25, 0.3) is 0 Å². The van der Waals surface area contributed by atoms with Crippen LogP contribution in [0.15, 0.2) is 42.5 Å². The highest BCUT2D eigenvalue weighted by Gasteiger charge is 2.26. The molecule has 2 aromatic rings. The molecular formula is C21H19ClO4. The molecule has 0 unspecified atom stereocenters. The van der Waals surface area contributed by atoms with Crippen molar-refractivity contribution in [1.29, 1.82) is 0 Å². The summed E-state index contributed by atoms with van der Waals surface area (Å²) in [7, 11) is 0. The van der Waals surface area contributed by atoms with Crippen molar-refractivity contribution < 1.29 is 19.1 Å². The summed E-state index contributed by atoms with van der Waals surface area (Å²) >= 11 is 6.17. The molecule has 4 nitrogen and oxygen atoms in total. The fourth-order valence-corrected chi connectivity index (χ4v) is 3.41. The lowest BCUT2D eigenvalue weighted by Gasteiger charge is -2.24. The van der Waals surface area contributed by atoms with Crippen molar-refractivity contribution in [3.63, 3.8) is 0 Å². The van der Waals surface area contributed by atoms with E-state index in [1.165, 1.54) is 12.5 Å². The van der Waals surface area contributed by atoms with Crippen LogP contribution in [0.1, 0.15) is 31.4 Å². The van der Waals surface area contributed by atoms with Crippen molar-refractivity contribution in [2.75, 3.05) is 0 Å². The number of carbonyl (C=O) groups excluding carboxylic acids is 2. The van der Waals surface area contributed by atoms with Gasteiger partial charge in [0, 0.05) is 39.9 Å². The molecule has 0 heterocycles. The van der Waals surface area contributed by atoms with E-state index in [2.05, 4.69) is 19.6 Å². The molecule has 1 aliphatic rings. The first-order valence-electron chi connectivity index (χ1n) is 8.42. The van der Waals surface area contributed by atoms with Crippen LogP contribution >= 0.6 is 11.6 Å². The van der Waals surface area contributed by atoms with Crippen LogP contribution in [0, 0.1) is 0 Å². The van der Waals surface area contributed by atoms with Crippen LogP contribution in [0.4, 0.5) is 0 Å². The molecule has 26 heavy (non-hydrogen) atoms. The minimum Gasteiger partial charge on any atom is -0.426 e. The molecule has 0 atom stereocenters. The van der Waals surface area contributed by atoms with Crippen molar-refractivity contribution in [2.24, 2.45) is 0 Å². The average Bonchev–Trinajstić information content (AvgIpc) is 2.63. The van der Waals surface area contributed by atoms with Crippen molar-refractivity contribution in [2.45, 2.75) is 33.1 Å². The molecule has 3 rings (SSSR count). The maximum atomic E-state index is 11.9. The normalized spacial score (nSPS) is 13.0. The zero-order valence-corrected chi connectivity index (χ0v) is 15.5. The maximum Gasteiger partial charge on any atom is 0.335 e. The highest BCUT2D eigenvalue weighted by molar-refractivity contribution is 6.31. The summed E-state index contributed by atoms with van der Waals surface area (Å²) < 4.78 is 11.1. The van der Waals surface area contributed by atoms with Crippen LogP contribution in [0.5, 0.6) is 11.5 Å². The van der Waals surface area contributed by atoms with Crippen molar-refractivity contribution in [1.82, 2.24) is 0 Å². The first kappa shape index (κ1) is 18.2. The summed E-state index contributed by atoms with van der Waals surface area (Å²) in [6, 6.07) is 5.22. The second kappa shape index (κ2) is 7.34. The first-order chi connectivity index (χ1) is 12.4. The highest BCUT2D eigenvalue weighted by Crippen LogP contribution is 2.45. The summed E-state index contributed by atoms with van der Waals surface area (Å²) in [5.41, 5.74) is 2.96. The summed E-state index contributed by atoms with van der Waals surface area (Å²) in [6.07, 6.45) is 5.40. The number of carbonyl (C=O) groups is 2. The first-order valence-corrected chi connectivity index (χ1v) is 8.79. The van der Waals surface area contributed by atoms with Gasteiger partial charge >= 0.3 is 11.9 Å². The molecule has 0 spiro atoms. The van der Waals surface area contributed by atoms with Gasteiger partial charge in [0.05, 0.1) is 0 Å². The summed E-state index contributed by atoms with van der Waals surface area (Å²) in [4.78, 5) is 23.6. The molecule has 134 valence electrons. The van der Waals surface area contributed by atoms with Crippen molar-refractivity contribution in [3.8, 4) is 11.5 Å². The third-order valence-electron chi connectivity index (χ3n) is 4.45. The van der Waals surface area contributed by atoms with E-state index in [9.17, 15) is 9.59 Å². The van der Waals surface area contributed by atoms with E-state index in [1.54, 1.807) is 18.2 Å². The summed E-state index contributed by atoms with van der Waals surface area (Å²) in [6.45, 7) is 6.92. The molecule has 0 aliphatic heterocycles. The van der Waals surface area contributed by atoms with Crippen LogP contribution in [0.3, 0.4) is 0 Å². The van der Waals surface area contributed by atoms with Crippen LogP contribution in [-0.2, 0) is 22.4 Å². The van der Waals surface area contributed by atoms with Gasteiger partial charge in [-0.1, -0.05) is 36.8 Å². The number of allylic oxidation sites excluding steroid dienone is 2. The Morgan fingerprint density at radius 2 is 1.92 bits per heavy atom. The Morgan fingerprint density at radius 1 is 1.19 bits per heavy atom. The fourth-order valence-electron chi connectivity index (χ4n) is 3.24. The predicted octanol–water partition coefficient (Wildman–Crippen LogP) is 4.94. The number of halogens is 1. The standard InChI is InChI=1S/C21H19ClO4/c1-4-13-6-8-15-17(10-13)21(26-19(24)5-2)16-9-7-14(22)11-18(16)20(15)25-12(3)23/h5-7,9,11H,2,4,8,10H2,1,3H3. The third kappa shape index (κ3) is 3.37. The van der Waals surface area contributed by atoms with Gasteiger partial charge < -0.3 is 9.47 Å². The average molecular weight is 371 g/mol. The maximum absolute atomic E-state index is 11.9. The van der Waals surface area contributed by atoms with Gasteiger partial charge in [-0.15, -0.1) is 0 Å². The molecular weight excluding hydrogens is 352 g/mol. The predicted molar refractivity (Wildman–Crippen MR) is 102 cm³/mol. The van der Waals surface area contributed by atoms with Gasteiger partial charge in [-0.3, -0.25) is 4.79 Å². The number of rotatable bonds is 4. The third-order valence-corrected chi connectivity index (χ3v) is 4.69. The highest BCUT2D eigenvalue weighted by atomic mass is 35.5. The van der Waals surface area contributed by atoms with E-state index < -0.39 is 11.9 Å². The fraction of sp³-hybridized carbons (Fsp3) is 0.238. The van der Waals surface area contributed by atoms with E-state index in [0.29, 0.717) is 40.1 Å². The van der Waals surface area contributed by atoms with Crippen LogP contribution in [0.2, 0.25) is 5.02 Å². The second-order valence-electron chi connectivity index (χ2n) is 6.12. The van der Waals surface area contributed by atoms with E-state index in [1.807, 2.05) is 0 Å². The minimum absolute atomic E-state index is 0.408. The lowest BCUT2D eigenvalue weighted by atomic mass is 9.86. The van der Waals surface area contributed by atoms with Gasteiger partial charge in [0.2, 0.25) is 0 Å². The molecule has 0 radical (unpaired) electrons. The van der Waals surface area contributed by atoms with Crippen LogP contribution in [-0.4, -0.2) is 11.9 Å². The molecule has 0 amide bonds. The minimum atomic E-state index is -0.531. The van der Waals surface area contributed by atoms with Crippen molar-refractivity contribution in [3.05, 3.63) is 58.7 Å². The molecule has 0 saturated heterocycles. The van der Waals surface area contributed by atoms with E-state index >= 15 is 0 Å². The second-order valence-corrected chi connectivity index (χ2v) is 6.56. The Bertz CT molecular complexity index is 956. The number of fused-ring (bicyclic) bond motifs is 2. The topological polar surface area (TPSA) is 52.6 Å². The lowest BCUT2D eigenvalue weighted by Crippen LogP contribution is -2.14. The number of hydrogen-bond acceptors (Lipinski definition) is 4. The smallest absolute Gasteiger partial charge is 0.335 e. The summed E-state index contributed by atoms with van der Waals surface area (Å²) in [5, 5.41) is 1.83. The molecule has 0 fully saturated rings. The van der Waals surface area contributed by atoms with E-state index in [0.717, 1.165) is 23.6 Å². The number of ether oxygens (including phenoxy) is 2. The molecule has 5 heteroatoms. The van der Waals surface area contributed by atoms with Gasteiger partial charge in [-0.05, 0) is 37.5 Å². The monoisotopic (exact) mass is 370 g/mol. The number of esters is 2. The molecule has 0 N–H and O–H groups in total. The Hall–Kier alpha value is -2.59. The number of hydrogen-bond donors (Lipinski definition) is 0. The molecule has 0 saturated carbocycles. The van der Waals surface area contributed by atoms with E-state index in [-0.39, 0.29) is 0 Å². The Balaban J connectivity index is 2.35. The van der Waals surface area contributed by atoms with Gasteiger partial charge in [-0.25, -0.2) is 4.79 Å².